The fourth-order valence-electron chi connectivity index (χ4n) is 3.67. The molecule has 29 heavy (non-hydrogen) atoms. The molecule has 1 fully saturated rings. The van der Waals surface area contributed by atoms with Crippen LogP contribution in [0.25, 0.3) is 11.1 Å². The molecule has 1 saturated heterocycles. The Morgan fingerprint density at radius 1 is 1.14 bits per heavy atom. The second-order valence-corrected chi connectivity index (χ2v) is 7.54. The summed E-state index contributed by atoms with van der Waals surface area (Å²) >= 11 is 0. The lowest BCUT2D eigenvalue weighted by molar-refractivity contribution is -0.117. The third kappa shape index (κ3) is 5.19. The van der Waals surface area contributed by atoms with E-state index in [9.17, 15) is 9.18 Å². The predicted octanol–water partition coefficient (Wildman–Crippen LogP) is 3.42. The molecule has 0 atom stereocenters. The molecule has 1 aromatic heterocycles. The Hall–Kier alpha value is -2.77. The monoisotopic (exact) mass is 396 g/mol. The number of amides is 1. The Morgan fingerprint density at radius 3 is 2.83 bits per heavy atom. The number of nitrogens with one attached hydrogen (secondary N) is 1. The van der Waals surface area contributed by atoms with Crippen molar-refractivity contribution in [3.63, 3.8) is 0 Å². The number of fused-ring (bicyclic) bond motifs is 1. The van der Waals surface area contributed by atoms with Crippen molar-refractivity contribution in [3.05, 3.63) is 59.7 Å². The number of nitrogens with zero attached hydrogens (tertiary/aromatic N) is 3. The summed E-state index contributed by atoms with van der Waals surface area (Å²) in [5, 5.41) is 2.97. The zero-order chi connectivity index (χ0) is 20.2. The van der Waals surface area contributed by atoms with Gasteiger partial charge in [0.25, 0.3) is 0 Å². The van der Waals surface area contributed by atoms with E-state index in [-0.39, 0.29) is 11.7 Å². The molecular weight excluding hydrogens is 371 g/mol. The zero-order valence-corrected chi connectivity index (χ0v) is 16.5. The van der Waals surface area contributed by atoms with E-state index in [1.54, 1.807) is 6.07 Å². The van der Waals surface area contributed by atoms with Gasteiger partial charge >= 0.3 is 0 Å². The maximum Gasteiger partial charge on any atom is 0.238 e. The van der Waals surface area contributed by atoms with Crippen LogP contribution < -0.4 is 5.32 Å². The summed E-state index contributed by atoms with van der Waals surface area (Å²) in [6, 6.07) is 12.2. The van der Waals surface area contributed by atoms with E-state index < -0.39 is 0 Å². The first-order chi connectivity index (χ1) is 14.0. The van der Waals surface area contributed by atoms with E-state index in [0.29, 0.717) is 30.1 Å². The average molecular weight is 396 g/mol. The molecule has 2 aromatic carbocycles. The summed E-state index contributed by atoms with van der Waals surface area (Å²) in [5.41, 5.74) is 3.10. The van der Waals surface area contributed by atoms with Crippen molar-refractivity contribution in [1.29, 1.82) is 0 Å². The van der Waals surface area contributed by atoms with Crippen molar-refractivity contribution in [3.8, 4) is 0 Å². The highest BCUT2D eigenvalue weighted by atomic mass is 19.1. The Kier molecular flexibility index (Phi) is 5.87. The molecule has 1 amide bonds. The number of benzene rings is 2. The quantitative estimate of drug-likeness (QED) is 0.716. The summed E-state index contributed by atoms with van der Waals surface area (Å²) in [4.78, 5) is 21.3. The van der Waals surface area contributed by atoms with Gasteiger partial charge in [0.2, 0.25) is 11.8 Å². The van der Waals surface area contributed by atoms with Crippen LogP contribution in [-0.4, -0.2) is 53.4 Å². The number of carbonyl (C=O) groups is 1. The van der Waals surface area contributed by atoms with E-state index in [2.05, 4.69) is 20.1 Å². The number of hydrogen-bond donors (Lipinski definition) is 1. The van der Waals surface area contributed by atoms with Crippen molar-refractivity contribution < 1.29 is 13.6 Å². The van der Waals surface area contributed by atoms with Gasteiger partial charge in [-0.1, -0.05) is 12.1 Å². The van der Waals surface area contributed by atoms with Crippen LogP contribution in [-0.2, 0) is 11.3 Å². The number of hydrogen-bond acceptors (Lipinski definition) is 5. The topological polar surface area (TPSA) is 61.6 Å². The smallest absolute Gasteiger partial charge is 0.238 e. The Bertz CT molecular complexity index is 1000. The first kappa shape index (κ1) is 19.5. The van der Waals surface area contributed by atoms with Crippen molar-refractivity contribution in [1.82, 2.24) is 14.8 Å². The molecule has 3 aromatic rings. The lowest BCUT2D eigenvalue weighted by atomic mass is 10.2. The first-order valence-electron chi connectivity index (χ1n) is 9.91. The molecular formula is C22H25FN4O2. The highest BCUT2D eigenvalue weighted by molar-refractivity contribution is 5.92. The van der Waals surface area contributed by atoms with Gasteiger partial charge in [0.05, 0.1) is 13.1 Å². The minimum absolute atomic E-state index is 0.00466. The van der Waals surface area contributed by atoms with Gasteiger partial charge in [0, 0.05) is 24.8 Å². The van der Waals surface area contributed by atoms with E-state index in [1.165, 1.54) is 12.1 Å². The molecule has 152 valence electrons. The Balaban J connectivity index is 1.30. The molecule has 6 nitrogen and oxygen atoms in total. The molecule has 1 aliphatic heterocycles. The van der Waals surface area contributed by atoms with Gasteiger partial charge in [-0.25, -0.2) is 9.37 Å². The van der Waals surface area contributed by atoms with Crippen molar-refractivity contribution in [2.24, 2.45) is 0 Å². The summed E-state index contributed by atoms with van der Waals surface area (Å²) in [6.07, 6.45) is 0.965. The van der Waals surface area contributed by atoms with Crippen LogP contribution >= 0.6 is 0 Å². The number of aromatic nitrogens is 1. The number of carbonyl (C=O) groups excluding carboxylic acids is 1. The van der Waals surface area contributed by atoms with E-state index >= 15 is 0 Å². The molecule has 0 spiro atoms. The minimum Gasteiger partial charge on any atom is -0.439 e. The summed E-state index contributed by atoms with van der Waals surface area (Å²) in [5.74, 6) is 0.274. The molecule has 0 saturated carbocycles. The van der Waals surface area contributed by atoms with Crippen molar-refractivity contribution >= 4 is 22.7 Å². The second-order valence-electron chi connectivity index (χ2n) is 7.54. The highest BCUT2D eigenvalue weighted by Crippen LogP contribution is 2.18. The summed E-state index contributed by atoms with van der Waals surface area (Å²) < 4.78 is 19.0. The Labute approximate surface area is 169 Å². The first-order valence-corrected chi connectivity index (χ1v) is 9.91. The minimum atomic E-state index is -0.324. The largest absolute Gasteiger partial charge is 0.439 e. The molecule has 1 aliphatic rings. The average Bonchev–Trinajstić information content (AvgIpc) is 2.93. The number of oxazole rings is 1. The Morgan fingerprint density at radius 2 is 1.97 bits per heavy atom. The maximum absolute atomic E-state index is 13.3. The van der Waals surface area contributed by atoms with Crippen LogP contribution in [0, 0.1) is 12.7 Å². The lowest BCUT2D eigenvalue weighted by Crippen LogP contribution is -2.36. The predicted molar refractivity (Wildman–Crippen MR) is 110 cm³/mol. The van der Waals surface area contributed by atoms with Gasteiger partial charge in [0.1, 0.15) is 11.3 Å². The van der Waals surface area contributed by atoms with Gasteiger partial charge < -0.3 is 9.73 Å². The van der Waals surface area contributed by atoms with E-state index in [4.69, 9.17) is 4.42 Å². The summed E-state index contributed by atoms with van der Waals surface area (Å²) in [6.45, 7) is 6.37. The van der Waals surface area contributed by atoms with Crippen LogP contribution in [0.2, 0.25) is 0 Å². The molecule has 7 heteroatoms. The summed E-state index contributed by atoms with van der Waals surface area (Å²) in [7, 11) is 0. The molecule has 0 radical (unpaired) electrons. The standard InChI is InChI=1S/C22H25FN4O2/c1-16-4-2-5-18(12-16)24-21(28)14-26-8-3-9-27(11-10-26)15-22-25-19-7-6-17(23)13-20(19)29-22/h2,4-7,12-13H,3,8-11,14-15H2,1H3,(H,24,28). The molecule has 0 aliphatic carbocycles. The third-order valence-electron chi connectivity index (χ3n) is 5.10. The normalized spacial score (nSPS) is 16.1. The number of aryl methyl sites for hydroxylation is 1. The van der Waals surface area contributed by atoms with Gasteiger partial charge in [-0.05, 0) is 56.3 Å². The van der Waals surface area contributed by atoms with E-state index in [1.807, 2.05) is 31.2 Å². The van der Waals surface area contributed by atoms with Crippen LogP contribution in [0.4, 0.5) is 10.1 Å². The molecule has 0 unspecified atom stereocenters. The van der Waals surface area contributed by atoms with Crippen molar-refractivity contribution in [2.45, 2.75) is 19.9 Å². The molecule has 0 bridgehead atoms. The van der Waals surface area contributed by atoms with Crippen LogP contribution in [0.1, 0.15) is 17.9 Å². The van der Waals surface area contributed by atoms with Gasteiger partial charge in [-0.15, -0.1) is 0 Å². The highest BCUT2D eigenvalue weighted by Gasteiger charge is 2.19. The van der Waals surface area contributed by atoms with Crippen molar-refractivity contribution in [2.75, 3.05) is 38.0 Å². The fraction of sp³-hybridized carbons (Fsp3) is 0.364. The molecule has 4 rings (SSSR count). The van der Waals surface area contributed by atoms with Crippen LogP contribution in [0.15, 0.2) is 46.9 Å². The molecule has 2 heterocycles. The number of anilines is 1. The maximum atomic E-state index is 13.3. The van der Waals surface area contributed by atoms with Crippen LogP contribution in [0.5, 0.6) is 0 Å². The number of rotatable bonds is 5. The number of halogens is 1. The van der Waals surface area contributed by atoms with E-state index in [0.717, 1.165) is 43.9 Å². The van der Waals surface area contributed by atoms with Gasteiger partial charge in [-0.3, -0.25) is 14.6 Å². The third-order valence-corrected chi connectivity index (χ3v) is 5.10. The van der Waals surface area contributed by atoms with Gasteiger partial charge in [-0.2, -0.15) is 0 Å². The van der Waals surface area contributed by atoms with Gasteiger partial charge in [0.15, 0.2) is 5.58 Å². The fourth-order valence-corrected chi connectivity index (χ4v) is 3.67. The lowest BCUT2D eigenvalue weighted by Gasteiger charge is -2.20. The second kappa shape index (κ2) is 8.71. The molecule has 1 N–H and O–H groups in total. The van der Waals surface area contributed by atoms with Crippen LogP contribution in [0.3, 0.4) is 0 Å². The SMILES string of the molecule is Cc1cccc(NC(=O)CN2CCCN(Cc3nc4ccc(F)cc4o3)CC2)c1. The zero-order valence-electron chi connectivity index (χ0n) is 16.5.